The summed E-state index contributed by atoms with van der Waals surface area (Å²) < 4.78 is 10.6. The highest BCUT2D eigenvalue weighted by molar-refractivity contribution is 5.61. The van der Waals surface area contributed by atoms with E-state index in [1.807, 2.05) is 61.6 Å². The van der Waals surface area contributed by atoms with Crippen LogP contribution in [0.25, 0.3) is 6.08 Å². The molecule has 0 aliphatic carbocycles. The molecule has 0 spiro atoms. The summed E-state index contributed by atoms with van der Waals surface area (Å²) in [5.74, 6) is 2.44. The van der Waals surface area contributed by atoms with Gasteiger partial charge in [0, 0.05) is 33.4 Å². The minimum Gasteiger partial charge on any atom is -0.497 e. The van der Waals surface area contributed by atoms with E-state index in [0.717, 1.165) is 34.0 Å². The minimum atomic E-state index is 0.542. The molecule has 0 fully saturated rings. The lowest BCUT2D eigenvalue weighted by molar-refractivity contribution is 0.414. The second kappa shape index (κ2) is 10.9. The molecule has 1 heterocycles. The molecule has 0 aliphatic rings. The molecule has 0 saturated heterocycles. The third-order valence-corrected chi connectivity index (χ3v) is 4.98. The molecule has 32 heavy (non-hydrogen) atoms. The fourth-order valence-corrected chi connectivity index (χ4v) is 3.21. The Kier molecular flexibility index (Phi) is 7.71. The normalized spacial score (nSPS) is 10.6. The highest BCUT2D eigenvalue weighted by Crippen LogP contribution is 2.24. The first-order chi connectivity index (χ1) is 15.5. The maximum absolute atomic E-state index is 9.51. The number of anilines is 1. The summed E-state index contributed by atoms with van der Waals surface area (Å²) in [6, 6.07) is 20.2. The van der Waals surface area contributed by atoms with Gasteiger partial charge in [-0.1, -0.05) is 24.3 Å². The molecular formula is C26H28N4O2. The third kappa shape index (κ3) is 6.02. The van der Waals surface area contributed by atoms with Gasteiger partial charge in [0.25, 0.3) is 0 Å². The van der Waals surface area contributed by atoms with Crippen LogP contribution in [0.3, 0.4) is 0 Å². The zero-order valence-corrected chi connectivity index (χ0v) is 18.9. The smallest absolute Gasteiger partial charge is 0.129 e. The van der Waals surface area contributed by atoms with E-state index in [-0.39, 0.29) is 0 Å². The fourth-order valence-electron chi connectivity index (χ4n) is 3.21. The molecule has 0 atom stereocenters. The van der Waals surface area contributed by atoms with E-state index in [9.17, 15) is 5.26 Å². The molecule has 0 amide bonds. The second-order valence-corrected chi connectivity index (χ2v) is 7.57. The van der Waals surface area contributed by atoms with Crippen LogP contribution >= 0.6 is 0 Å². The Balaban J connectivity index is 1.96. The van der Waals surface area contributed by atoms with E-state index in [0.29, 0.717) is 18.7 Å². The molecular weight excluding hydrogens is 400 g/mol. The van der Waals surface area contributed by atoms with Gasteiger partial charge in [-0.3, -0.25) is 0 Å². The van der Waals surface area contributed by atoms with Gasteiger partial charge in [-0.2, -0.15) is 5.26 Å². The van der Waals surface area contributed by atoms with Crippen molar-refractivity contribution in [2.75, 3.05) is 33.2 Å². The van der Waals surface area contributed by atoms with Crippen LogP contribution in [0.1, 0.15) is 22.3 Å². The molecule has 1 aromatic heterocycles. The van der Waals surface area contributed by atoms with Crippen LogP contribution in [0.15, 0.2) is 67.0 Å². The standard InChI is InChI=1S/C26H28N4O2/c1-29(2)14-13-22-15-26(28-17-23(22)16-27)30(18-20-5-9-24(31-3)10-6-20)19-21-7-11-25(32-4)12-8-21/h5-15,17H,18-19H2,1-4H3/b14-13+. The number of hydrogen-bond acceptors (Lipinski definition) is 6. The van der Waals surface area contributed by atoms with Crippen LogP contribution in [-0.4, -0.2) is 38.2 Å². The first-order valence-electron chi connectivity index (χ1n) is 10.3. The zero-order valence-electron chi connectivity index (χ0n) is 18.9. The molecule has 2 aromatic carbocycles. The van der Waals surface area contributed by atoms with Crippen LogP contribution in [0.2, 0.25) is 0 Å². The Morgan fingerprint density at radius 3 is 1.88 bits per heavy atom. The van der Waals surface area contributed by atoms with Crippen molar-refractivity contribution in [1.29, 1.82) is 5.26 Å². The molecule has 0 bridgehead atoms. The molecule has 6 heteroatoms. The fraction of sp³-hybridized carbons (Fsp3) is 0.231. The third-order valence-electron chi connectivity index (χ3n) is 4.98. The zero-order chi connectivity index (χ0) is 22.9. The van der Waals surface area contributed by atoms with Crippen molar-refractivity contribution in [2.45, 2.75) is 13.1 Å². The summed E-state index contributed by atoms with van der Waals surface area (Å²) in [5.41, 5.74) is 3.65. The average molecular weight is 429 g/mol. The van der Waals surface area contributed by atoms with Crippen LogP contribution in [0.5, 0.6) is 11.5 Å². The summed E-state index contributed by atoms with van der Waals surface area (Å²) in [5, 5.41) is 9.51. The molecule has 0 radical (unpaired) electrons. The number of pyridine rings is 1. The van der Waals surface area contributed by atoms with Crippen LogP contribution in [0, 0.1) is 11.3 Å². The van der Waals surface area contributed by atoms with E-state index < -0.39 is 0 Å². The largest absolute Gasteiger partial charge is 0.497 e. The van der Waals surface area contributed by atoms with Gasteiger partial charge in [0.2, 0.25) is 0 Å². The number of aromatic nitrogens is 1. The van der Waals surface area contributed by atoms with Gasteiger partial charge in [0.15, 0.2) is 0 Å². The van der Waals surface area contributed by atoms with Gasteiger partial charge < -0.3 is 19.3 Å². The van der Waals surface area contributed by atoms with E-state index in [4.69, 9.17) is 9.47 Å². The minimum absolute atomic E-state index is 0.542. The SMILES string of the molecule is COc1ccc(CN(Cc2ccc(OC)cc2)c2cc(/C=C/N(C)C)c(C#N)cn2)cc1. The number of hydrogen-bond donors (Lipinski definition) is 0. The summed E-state index contributed by atoms with van der Waals surface area (Å²) in [7, 11) is 7.22. The van der Waals surface area contributed by atoms with Crippen LogP contribution in [-0.2, 0) is 13.1 Å². The first kappa shape index (κ1) is 22.7. The summed E-state index contributed by atoms with van der Waals surface area (Å²) in [4.78, 5) is 8.73. The van der Waals surface area contributed by atoms with Crippen molar-refractivity contribution < 1.29 is 9.47 Å². The van der Waals surface area contributed by atoms with Gasteiger partial charge in [0.1, 0.15) is 23.4 Å². The van der Waals surface area contributed by atoms with Gasteiger partial charge in [-0.15, -0.1) is 0 Å². The Hall–Kier alpha value is -3.98. The van der Waals surface area contributed by atoms with Gasteiger partial charge >= 0.3 is 0 Å². The summed E-state index contributed by atoms with van der Waals surface area (Å²) in [6.45, 7) is 1.32. The summed E-state index contributed by atoms with van der Waals surface area (Å²) in [6.07, 6.45) is 5.50. The molecule has 0 saturated carbocycles. The number of ether oxygens (including phenoxy) is 2. The van der Waals surface area contributed by atoms with E-state index in [1.54, 1.807) is 20.4 Å². The van der Waals surface area contributed by atoms with Crippen molar-refractivity contribution in [3.63, 3.8) is 0 Å². The average Bonchev–Trinajstić information content (AvgIpc) is 2.83. The number of methoxy groups -OCH3 is 2. The Morgan fingerprint density at radius 2 is 1.44 bits per heavy atom. The van der Waals surface area contributed by atoms with Crippen molar-refractivity contribution in [1.82, 2.24) is 9.88 Å². The predicted octanol–water partition coefficient (Wildman–Crippen LogP) is 4.71. The maximum atomic E-state index is 9.51. The maximum Gasteiger partial charge on any atom is 0.129 e. The Bertz CT molecular complexity index is 1030. The molecule has 6 nitrogen and oxygen atoms in total. The van der Waals surface area contributed by atoms with Crippen LogP contribution in [0.4, 0.5) is 5.82 Å². The topological polar surface area (TPSA) is 61.6 Å². The van der Waals surface area contributed by atoms with Gasteiger partial charge in [-0.05, 0) is 59.3 Å². The van der Waals surface area contributed by atoms with E-state index in [2.05, 4.69) is 40.2 Å². The molecule has 164 valence electrons. The van der Waals surface area contributed by atoms with Gasteiger partial charge in [0.05, 0.1) is 19.8 Å². The molecule has 0 N–H and O–H groups in total. The molecule has 0 unspecified atom stereocenters. The lowest BCUT2D eigenvalue weighted by Gasteiger charge is -2.25. The molecule has 3 aromatic rings. The van der Waals surface area contributed by atoms with E-state index in [1.165, 1.54) is 0 Å². The lowest BCUT2D eigenvalue weighted by Crippen LogP contribution is -2.23. The van der Waals surface area contributed by atoms with Crippen molar-refractivity contribution in [2.24, 2.45) is 0 Å². The van der Waals surface area contributed by atoms with Crippen LogP contribution < -0.4 is 14.4 Å². The second-order valence-electron chi connectivity index (χ2n) is 7.57. The number of nitrogens with zero attached hydrogens (tertiary/aromatic N) is 4. The van der Waals surface area contributed by atoms with Crippen molar-refractivity contribution >= 4 is 11.9 Å². The predicted molar refractivity (Wildman–Crippen MR) is 128 cm³/mol. The number of nitriles is 1. The highest BCUT2D eigenvalue weighted by atomic mass is 16.5. The van der Waals surface area contributed by atoms with Gasteiger partial charge in [-0.25, -0.2) is 4.98 Å². The Labute approximate surface area is 189 Å². The lowest BCUT2D eigenvalue weighted by atomic mass is 10.1. The molecule has 3 rings (SSSR count). The van der Waals surface area contributed by atoms with Crippen molar-refractivity contribution in [3.8, 4) is 17.6 Å². The van der Waals surface area contributed by atoms with Crippen molar-refractivity contribution in [3.05, 3.63) is 89.2 Å². The number of rotatable bonds is 9. The Morgan fingerprint density at radius 1 is 0.906 bits per heavy atom. The monoisotopic (exact) mass is 428 g/mol. The summed E-state index contributed by atoms with van der Waals surface area (Å²) >= 11 is 0. The first-order valence-corrected chi connectivity index (χ1v) is 10.3. The number of benzene rings is 2. The highest BCUT2D eigenvalue weighted by Gasteiger charge is 2.13. The van der Waals surface area contributed by atoms with E-state index >= 15 is 0 Å². The quantitative estimate of drug-likeness (QED) is 0.492. The molecule has 0 aliphatic heterocycles.